The monoisotopic (exact) mass is 306 g/mol. The average Bonchev–Trinajstić information content (AvgIpc) is 2.45. The molecule has 2 rings (SSSR count). The molecule has 0 spiro atoms. The van der Waals surface area contributed by atoms with E-state index in [1.807, 2.05) is 32.0 Å². The third-order valence-corrected chi connectivity index (χ3v) is 3.68. The number of carbonyl (C=O) groups is 1. The highest BCUT2D eigenvalue weighted by Gasteiger charge is 2.31. The second-order valence-electron chi connectivity index (χ2n) is 4.78. The fourth-order valence-corrected chi connectivity index (χ4v) is 2.68. The number of hydrogen-bond donors (Lipinski definition) is 2. The van der Waals surface area contributed by atoms with Crippen molar-refractivity contribution in [3.05, 3.63) is 40.6 Å². The summed E-state index contributed by atoms with van der Waals surface area (Å²) in [7, 11) is 2.99. The zero-order valence-corrected chi connectivity index (χ0v) is 13.3. The number of aryl methyl sites for hydroxylation is 1. The first kappa shape index (κ1) is 15.3. The molecule has 0 saturated carbocycles. The van der Waals surface area contributed by atoms with Gasteiger partial charge in [-0.15, -0.1) is 0 Å². The number of allylic oxidation sites excluding steroid dienone is 1. The number of benzene rings is 1. The lowest BCUT2D eigenvalue weighted by Gasteiger charge is -2.30. The minimum atomic E-state index is -0.379. The van der Waals surface area contributed by atoms with Crippen molar-refractivity contribution in [2.24, 2.45) is 0 Å². The SMILES string of the molecule is COC(=O)C1=C(C)NC(=S)N[C@H]1c1ccc(OC)cc1C. The Morgan fingerprint density at radius 1 is 1.29 bits per heavy atom. The van der Waals surface area contributed by atoms with Crippen LogP contribution in [0.5, 0.6) is 5.75 Å². The van der Waals surface area contributed by atoms with Gasteiger partial charge in [0.05, 0.1) is 25.8 Å². The second-order valence-corrected chi connectivity index (χ2v) is 5.19. The van der Waals surface area contributed by atoms with Crippen molar-refractivity contribution < 1.29 is 14.3 Å². The zero-order chi connectivity index (χ0) is 15.6. The Kier molecular flexibility index (Phi) is 4.47. The number of rotatable bonds is 3. The summed E-state index contributed by atoms with van der Waals surface area (Å²) in [5, 5.41) is 6.57. The summed E-state index contributed by atoms with van der Waals surface area (Å²) in [4.78, 5) is 12.1. The van der Waals surface area contributed by atoms with Crippen LogP contribution in [0.3, 0.4) is 0 Å². The van der Waals surface area contributed by atoms with Gasteiger partial charge in [-0.1, -0.05) is 6.07 Å². The molecule has 1 aromatic carbocycles. The highest BCUT2D eigenvalue weighted by Crippen LogP contribution is 2.31. The van der Waals surface area contributed by atoms with Crippen molar-refractivity contribution in [1.29, 1.82) is 0 Å². The van der Waals surface area contributed by atoms with E-state index in [0.717, 1.165) is 16.9 Å². The van der Waals surface area contributed by atoms with Crippen LogP contribution in [0.2, 0.25) is 0 Å². The molecule has 1 atom stereocenters. The summed E-state index contributed by atoms with van der Waals surface area (Å²) in [6.07, 6.45) is 0. The number of hydrogen-bond acceptors (Lipinski definition) is 4. The molecule has 0 bridgehead atoms. The summed E-state index contributed by atoms with van der Waals surface area (Å²) in [6.45, 7) is 3.78. The van der Waals surface area contributed by atoms with Crippen LogP contribution in [0.25, 0.3) is 0 Å². The van der Waals surface area contributed by atoms with E-state index in [0.29, 0.717) is 16.4 Å². The van der Waals surface area contributed by atoms with Gasteiger partial charge in [-0.2, -0.15) is 0 Å². The van der Waals surface area contributed by atoms with Gasteiger partial charge in [-0.25, -0.2) is 4.79 Å². The lowest BCUT2D eigenvalue weighted by atomic mass is 9.92. The zero-order valence-electron chi connectivity index (χ0n) is 12.4. The molecule has 0 saturated heterocycles. The van der Waals surface area contributed by atoms with E-state index in [9.17, 15) is 4.79 Å². The van der Waals surface area contributed by atoms with Crippen molar-refractivity contribution in [3.63, 3.8) is 0 Å². The van der Waals surface area contributed by atoms with Gasteiger partial charge < -0.3 is 20.1 Å². The molecular weight excluding hydrogens is 288 g/mol. The predicted molar refractivity (Wildman–Crippen MR) is 84.1 cm³/mol. The molecule has 0 aromatic heterocycles. The maximum Gasteiger partial charge on any atom is 0.337 e. The molecule has 112 valence electrons. The van der Waals surface area contributed by atoms with E-state index in [1.54, 1.807) is 7.11 Å². The number of ether oxygens (including phenoxy) is 2. The van der Waals surface area contributed by atoms with Crippen LogP contribution in [-0.4, -0.2) is 25.3 Å². The first-order valence-electron chi connectivity index (χ1n) is 6.49. The lowest BCUT2D eigenvalue weighted by molar-refractivity contribution is -0.136. The predicted octanol–water partition coefficient (Wildman–Crippen LogP) is 1.97. The summed E-state index contributed by atoms with van der Waals surface area (Å²) in [5.74, 6) is 0.392. The summed E-state index contributed by atoms with van der Waals surface area (Å²) < 4.78 is 10.1. The quantitative estimate of drug-likeness (QED) is 0.658. The molecule has 2 N–H and O–H groups in total. The van der Waals surface area contributed by atoms with E-state index in [-0.39, 0.29) is 12.0 Å². The number of esters is 1. The van der Waals surface area contributed by atoms with Crippen LogP contribution in [0.15, 0.2) is 29.5 Å². The van der Waals surface area contributed by atoms with Crippen LogP contribution in [0, 0.1) is 6.92 Å². The van der Waals surface area contributed by atoms with Gasteiger partial charge in [0.25, 0.3) is 0 Å². The van der Waals surface area contributed by atoms with Gasteiger partial charge in [0, 0.05) is 5.70 Å². The van der Waals surface area contributed by atoms with Crippen molar-refractivity contribution in [3.8, 4) is 5.75 Å². The third-order valence-electron chi connectivity index (χ3n) is 3.46. The average molecular weight is 306 g/mol. The third kappa shape index (κ3) is 3.00. The molecule has 5 nitrogen and oxygen atoms in total. The van der Waals surface area contributed by atoms with Gasteiger partial charge >= 0.3 is 5.97 Å². The normalized spacial score (nSPS) is 17.9. The van der Waals surface area contributed by atoms with Crippen LogP contribution in [0.4, 0.5) is 0 Å². The van der Waals surface area contributed by atoms with Gasteiger partial charge in [0.2, 0.25) is 0 Å². The van der Waals surface area contributed by atoms with E-state index >= 15 is 0 Å². The van der Waals surface area contributed by atoms with E-state index in [2.05, 4.69) is 10.6 Å². The fourth-order valence-electron chi connectivity index (χ4n) is 2.41. The lowest BCUT2D eigenvalue weighted by Crippen LogP contribution is -2.45. The molecule has 1 aliphatic rings. The molecule has 0 amide bonds. The van der Waals surface area contributed by atoms with Crippen LogP contribution in [0.1, 0.15) is 24.1 Å². The maximum absolute atomic E-state index is 12.1. The fraction of sp³-hybridized carbons (Fsp3) is 0.333. The van der Waals surface area contributed by atoms with Gasteiger partial charge in [-0.05, 0) is 49.3 Å². The Morgan fingerprint density at radius 2 is 2.00 bits per heavy atom. The van der Waals surface area contributed by atoms with Crippen LogP contribution < -0.4 is 15.4 Å². The van der Waals surface area contributed by atoms with Gasteiger partial charge in [0.1, 0.15) is 5.75 Å². The van der Waals surface area contributed by atoms with E-state index in [4.69, 9.17) is 21.7 Å². The van der Waals surface area contributed by atoms with Crippen LogP contribution >= 0.6 is 12.2 Å². The molecule has 0 aliphatic carbocycles. The molecule has 0 radical (unpaired) electrons. The molecule has 0 unspecified atom stereocenters. The second kappa shape index (κ2) is 6.13. The van der Waals surface area contributed by atoms with Crippen LogP contribution in [-0.2, 0) is 9.53 Å². The van der Waals surface area contributed by atoms with Gasteiger partial charge in [-0.3, -0.25) is 0 Å². The minimum absolute atomic E-state index is 0.336. The highest BCUT2D eigenvalue weighted by atomic mass is 32.1. The van der Waals surface area contributed by atoms with Crippen molar-refractivity contribution in [2.45, 2.75) is 19.9 Å². The Bertz CT molecular complexity index is 625. The Morgan fingerprint density at radius 3 is 2.57 bits per heavy atom. The Balaban J connectivity index is 2.51. The van der Waals surface area contributed by atoms with E-state index in [1.165, 1.54) is 7.11 Å². The molecule has 1 heterocycles. The van der Waals surface area contributed by atoms with Gasteiger partial charge in [0.15, 0.2) is 5.11 Å². The first-order chi connectivity index (χ1) is 9.97. The highest BCUT2D eigenvalue weighted by molar-refractivity contribution is 7.80. The smallest absolute Gasteiger partial charge is 0.337 e. The molecule has 21 heavy (non-hydrogen) atoms. The van der Waals surface area contributed by atoms with Crippen molar-refractivity contribution >= 4 is 23.3 Å². The molecule has 0 fully saturated rings. The topological polar surface area (TPSA) is 59.6 Å². The Labute approximate surface area is 129 Å². The summed E-state index contributed by atoms with van der Waals surface area (Å²) in [5.41, 5.74) is 3.19. The molecule has 1 aromatic rings. The maximum atomic E-state index is 12.1. The first-order valence-corrected chi connectivity index (χ1v) is 6.90. The summed E-state index contributed by atoms with van der Waals surface area (Å²) >= 11 is 5.19. The largest absolute Gasteiger partial charge is 0.497 e. The minimum Gasteiger partial charge on any atom is -0.497 e. The Hall–Kier alpha value is -2.08. The number of carbonyl (C=O) groups excluding carboxylic acids is 1. The molecular formula is C15H18N2O3S. The number of thiocarbonyl (C=S) groups is 1. The number of nitrogens with one attached hydrogen (secondary N) is 2. The molecule has 1 aliphatic heterocycles. The number of methoxy groups -OCH3 is 2. The van der Waals surface area contributed by atoms with Crippen molar-refractivity contribution in [2.75, 3.05) is 14.2 Å². The summed E-state index contributed by atoms with van der Waals surface area (Å²) in [6, 6.07) is 5.37. The van der Waals surface area contributed by atoms with Crippen molar-refractivity contribution in [1.82, 2.24) is 10.6 Å². The standard InChI is InChI=1S/C15H18N2O3S/c1-8-7-10(19-3)5-6-11(8)13-12(14(18)20-4)9(2)16-15(21)17-13/h5-7,13H,1-4H3,(H2,16,17,21)/t13-/m0/s1. The molecule has 6 heteroatoms. The van der Waals surface area contributed by atoms with E-state index < -0.39 is 0 Å².